The number of furan rings is 1. The molecule has 0 atom stereocenters. The van der Waals surface area contributed by atoms with Crippen LogP contribution in [0.25, 0.3) is 0 Å². The molecule has 14 heavy (non-hydrogen) atoms. The molecule has 0 unspecified atom stereocenters. The van der Waals surface area contributed by atoms with Gasteiger partial charge < -0.3 is 14.3 Å². The lowest BCUT2D eigenvalue weighted by Crippen LogP contribution is -2.11. The molecule has 0 saturated carbocycles. The Morgan fingerprint density at radius 1 is 1.29 bits per heavy atom. The molecule has 1 aromatic heterocycles. The lowest BCUT2D eigenvalue weighted by atomic mass is 10.3. The monoisotopic (exact) mass is 198 g/mol. The Morgan fingerprint density at radius 3 is 2.36 bits per heavy atom. The first kappa shape index (κ1) is 9.97. The standard InChI is InChI=1S/C8H6O6/c1-13-8(12)5-3-2-4(14-5)6(9)7(10)11/h2-3H,1H3,(H,10,11). The Labute approximate surface area is 78.1 Å². The van der Waals surface area contributed by atoms with Gasteiger partial charge in [0.15, 0.2) is 5.76 Å². The third kappa shape index (κ3) is 1.79. The molecule has 1 rings (SSSR count). The molecule has 0 spiro atoms. The molecule has 0 aliphatic heterocycles. The average molecular weight is 198 g/mol. The smallest absolute Gasteiger partial charge is 0.380 e. The molecule has 0 fully saturated rings. The van der Waals surface area contributed by atoms with E-state index >= 15 is 0 Å². The van der Waals surface area contributed by atoms with Crippen LogP contribution in [0.15, 0.2) is 16.5 Å². The van der Waals surface area contributed by atoms with Crippen LogP contribution in [-0.2, 0) is 9.53 Å². The Bertz CT molecular complexity index is 388. The zero-order chi connectivity index (χ0) is 10.7. The van der Waals surface area contributed by atoms with Gasteiger partial charge in [-0.2, -0.15) is 0 Å². The Morgan fingerprint density at radius 2 is 1.86 bits per heavy atom. The molecular formula is C8H6O6. The van der Waals surface area contributed by atoms with Crippen LogP contribution < -0.4 is 0 Å². The molecule has 0 bridgehead atoms. The number of carbonyl (C=O) groups excluding carboxylic acids is 2. The van der Waals surface area contributed by atoms with Gasteiger partial charge in [0.2, 0.25) is 5.76 Å². The number of esters is 1. The van der Waals surface area contributed by atoms with Crippen molar-refractivity contribution in [2.24, 2.45) is 0 Å². The van der Waals surface area contributed by atoms with Gasteiger partial charge in [0.05, 0.1) is 7.11 Å². The summed E-state index contributed by atoms with van der Waals surface area (Å²) in [6.07, 6.45) is 0. The van der Waals surface area contributed by atoms with E-state index in [1.165, 1.54) is 6.07 Å². The summed E-state index contributed by atoms with van der Waals surface area (Å²) >= 11 is 0. The number of hydrogen-bond donors (Lipinski definition) is 1. The lowest BCUT2D eigenvalue weighted by molar-refractivity contribution is -0.131. The van der Waals surface area contributed by atoms with E-state index in [0.29, 0.717) is 0 Å². The minimum atomic E-state index is -1.64. The second-order valence-corrected chi connectivity index (χ2v) is 2.29. The summed E-state index contributed by atoms with van der Waals surface area (Å²) in [5, 5.41) is 8.31. The van der Waals surface area contributed by atoms with E-state index in [4.69, 9.17) is 5.11 Å². The second-order valence-electron chi connectivity index (χ2n) is 2.29. The SMILES string of the molecule is COC(=O)c1ccc(C(=O)C(=O)O)o1. The third-order valence-electron chi connectivity index (χ3n) is 1.41. The molecule has 1 aromatic rings. The molecule has 74 valence electrons. The first-order valence-electron chi connectivity index (χ1n) is 3.52. The quantitative estimate of drug-likeness (QED) is 0.427. The van der Waals surface area contributed by atoms with Gasteiger partial charge in [-0.1, -0.05) is 0 Å². The van der Waals surface area contributed by atoms with E-state index in [1.807, 2.05) is 0 Å². The predicted molar refractivity (Wildman–Crippen MR) is 42.0 cm³/mol. The largest absolute Gasteiger partial charge is 0.475 e. The second kappa shape index (κ2) is 3.73. The molecular weight excluding hydrogens is 192 g/mol. The number of methoxy groups -OCH3 is 1. The minimum Gasteiger partial charge on any atom is -0.475 e. The maximum Gasteiger partial charge on any atom is 0.380 e. The van der Waals surface area contributed by atoms with E-state index in [0.717, 1.165) is 13.2 Å². The highest BCUT2D eigenvalue weighted by molar-refractivity contribution is 6.39. The fourth-order valence-corrected chi connectivity index (χ4v) is 0.776. The van der Waals surface area contributed by atoms with E-state index in [1.54, 1.807) is 0 Å². The van der Waals surface area contributed by atoms with Crippen LogP contribution in [0.2, 0.25) is 0 Å². The maximum absolute atomic E-state index is 10.8. The highest BCUT2D eigenvalue weighted by atomic mass is 16.5. The van der Waals surface area contributed by atoms with E-state index < -0.39 is 23.5 Å². The normalized spacial score (nSPS) is 9.50. The van der Waals surface area contributed by atoms with E-state index in [9.17, 15) is 14.4 Å². The van der Waals surface area contributed by atoms with Crippen molar-refractivity contribution in [2.75, 3.05) is 7.11 Å². The Kier molecular flexibility index (Phi) is 2.66. The molecule has 0 aromatic carbocycles. The summed E-state index contributed by atoms with van der Waals surface area (Å²) in [5.41, 5.74) is 0. The van der Waals surface area contributed by atoms with Gasteiger partial charge in [0, 0.05) is 0 Å². The molecule has 0 amide bonds. The summed E-state index contributed by atoms with van der Waals surface area (Å²) in [7, 11) is 1.14. The highest BCUT2D eigenvalue weighted by Gasteiger charge is 2.20. The summed E-state index contributed by atoms with van der Waals surface area (Å²) in [5.74, 6) is -4.24. The first-order valence-corrected chi connectivity index (χ1v) is 3.52. The van der Waals surface area contributed by atoms with Crippen LogP contribution in [0, 0.1) is 0 Å². The van der Waals surface area contributed by atoms with Gasteiger partial charge in [0.25, 0.3) is 0 Å². The number of carboxylic acid groups (broad SMARTS) is 1. The van der Waals surface area contributed by atoms with Crippen molar-refractivity contribution in [3.05, 3.63) is 23.7 Å². The van der Waals surface area contributed by atoms with Crippen LogP contribution in [0.3, 0.4) is 0 Å². The topological polar surface area (TPSA) is 93.8 Å². The fourth-order valence-electron chi connectivity index (χ4n) is 0.776. The van der Waals surface area contributed by atoms with Crippen LogP contribution in [0.1, 0.15) is 21.1 Å². The number of aliphatic carboxylic acids is 1. The number of Topliss-reactive ketones (excluding diaryl/α,β-unsaturated/α-hetero) is 1. The lowest BCUT2D eigenvalue weighted by Gasteiger charge is -1.92. The molecule has 1 heterocycles. The van der Waals surface area contributed by atoms with Crippen LogP contribution >= 0.6 is 0 Å². The molecule has 0 radical (unpaired) electrons. The number of ether oxygens (including phenoxy) is 1. The predicted octanol–water partition coefficient (Wildman–Crippen LogP) is 0.333. The maximum atomic E-state index is 10.8. The summed E-state index contributed by atoms with van der Waals surface area (Å²) in [6, 6.07) is 2.27. The molecule has 6 heteroatoms. The molecule has 1 N–H and O–H groups in total. The zero-order valence-corrected chi connectivity index (χ0v) is 7.14. The third-order valence-corrected chi connectivity index (χ3v) is 1.41. The summed E-state index contributed by atoms with van der Waals surface area (Å²) in [6.45, 7) is 0. The summed E-state index contributed by atoms with van der Waals surface area (Å²) < 4.78 is 8.95. The molecule has 0 aliphatic carbocycles. The van der Waals surface area contributed by atoms with Gasteiger partial charge in [-0.15, -0.1) is 0 Å². The van der Waals surface area contributed by atoms with Crippen molar-refractivity contribution in [1.29, 1.82) is 0 Å². The van der Waals surface area contributed by atoms with Crippen molar-refractivity contribution in [3.63, 3.8) is 0 Å². The van der Waals surface area contributed by atoms with Crippen LogP contribution in [0.4, 0.5) is 0 Å². The average Bonchev–Trinajstić information content (AvgIpc) is 2.64. The van der Waals surface area contributed by atoms with E-state index in [-0.39, 0.29) is 5.76 Å². The van der Waals surface area contributed by atoms with Crippen molar-refractivity contribution in [1.82, 2.24) is 0 Å². The van der Waals surface area contributed by atoms with Gasteiger partial charge in [-0.05, 0) is 12.1 Å². The van der Waals surface area contributed by atoms with E-state index in [2.05, 4.69) is 9.15 Å². The minimum absolute atomic E-state index is 0.211. The van der Waals surface area contributed by atoms with Gasteiger partial charge in [-0.3, -0.25) is 4.79 Å². The van der Waals surface area contributed by atoms with Gasteiger partial charge >= 0.3 is 17.7 Å². The van der Waals surface area contributed by atoms with Gasteiger partial charge in [-0.25, -0.2) is 9.59 Å². The first-order chi connectivity index (χ1) is 6.56. The zero-order valence-electron chi connectivity index (χ0n) is 7.14. The Hall–Kier alpha value is -2.11. The summed E-state index contributed by atoms with van der Waals surface area (Å²) in [4.78, 5) is 31.9. The molecule has 0 aliphatic rings. The number of hydrogen-bond acceptors (Lipinski definition) is 5. The van der Waals surface area contributed by atoms with Crippen molar-refractivity contribution >= 4 is 17.7 Å². The Balaban J connectivity index is 2.94. The number of carbonyl (C=O) groups is 3. The molecule has 0 saturated heterocycles. The van der Waals surface area contributed by atoms with Crippen LogP contribution in [-0.4, -0.2) is 29.9 Å². The van der Waals surface area contributed by atoms with Crippen molar-refractivity contribution in [2.45, 2.75) is 0 Å². The fraction of sp³-hybridized carbons (Fsp3) is 0.125. The number of carboxylic acids is 1. The molecule has 6 nitrogen and oxygen atoms in total. The number of ketones is 1. The number of rotatable bonds is 3. The van der Waals surface area contributed by atoms with Crippen molar-refractivity contribution < 1.29 is 28.6 Å². The van der Waals surface area contributed by atoms with Gasteiger partial charge in [0.1, 0.15) is 0 Å². The highest BCUT2D eigenvalue weighted by Crippen LogP contribution is 2.09. The van der Waals surface area contributed by atoms with Crippen molar-refractivity contribution in [3.8, 4) is 0 Å². The van der Waals surface area contributed by atoms with Crippen LogP contribution in [0.5, 0.6) is 0 Å².